The third-order valence-corrected chi connectivity index (χ3v) is 5.66. The zero-order valence-electron chi connectivity index (χ0n) is 14.5. The summed E-state index contributed by atoms with van der Waals surface area (Å²) in [6.07, 6.45) is 6.07. The van der Waals surface area contributed by atoms with Crippen molar-refractivity contribution in [2.24, 2.45) is 0 Å². The van der Waals surface area contributed by atoms with E-state index in [1.165, 1.54) is 6.07 Å². The van der Waals surface area contributed by atoms with Crippen LogP contribution in [0.25, 0.3) is 0 Å². The molecule has 0 amide bonds. The van der Waals surface area contributed by atoms with E-state index >= 15 is 0 Å². The van der Waals surface area contributed by atoms with Gasteiger partial charge in [-0.1, -0.05) is 11.6 Å². The second-order valence-electron chi connectivity index (χ2n) is 6.87. The highest BCUT2D eigenvalue weighted by Crippen LogP contribution is 2.52. The maximum absolute atomic E-state index is 13.4. The molecule has 0 saturated heterocycles. The second-order valence-corrected chi connectivity index (χ2v) is 7.28. The minimum absolute atomic E-state index is 0.0708. The summed E-state index contributed by atoms with van der Waals surface area (Å²) in [5, 5.41) is 3.39. The Morgan fingerprint density at radius 3 is 2.62 bits per heavy atom. The second kappa shape index (κ2) is 6.88. The Hall–Kier alpha value is -2.14. The first-order valence-corrected chi connectivity index (χ1v) is 9.38. The number of halogens is 2. The van der Waals surface area contributed by atoms with E-state index in [9.17, 15) is 9.18 Å². The van der Waals surface area contributed by atoms with Crippen LogP contribution >= 0.6 is 11.6 Å². The van der Waals surface area contributed by atoms with Gasteiger partial charge in [-0.2, -0.15) is 0 Å². The van der Waals surface area contributed by atoms with Gasteiger partial charge < -0.3 is 10.1 Å². The molecule has 26 heavy (non-hydrogen) atoms. The number of nitrogens with one attached hydrogen (secondary N) is 1. The van der Waals surface area contributed by atoms with Gasteiger partial charge in [0.05, 0.1) is 23.5 Å². The van der Waals surface area contributed by atoms with Crippen molar-refractivity contribution in [3.05, 3.63) is 52.1 Å². The Morgan fingerprint density at radius 1 is 1.27 bits per heavy atom. The molecule has 0 atom stereocenters. The predicted octanol–water partition coefficient (Wildman–Crippen LogP) is 5.55. The molecule has 0 unspecified atom stereocenters. The van der Waals surface area contributed by atoms with E-state index in [-0.39, 0.29) is 11.0 Å². The van der Waals surface area contributed by atoms with Crippen molar-refractivity contribution >= 4 is 28.9 Å². The van der Waals surface area contributed by atoms with Gasteiger partial charge in [-0.15, -0.1) is 0 Å². The van der Waals surface area contributed by atoms with Crippen molar-refractivity contribution in [3.8, 4) is 0 Å². The largest absolute Gasteiger partial charge is 0.461 e. The van der Waals surface area contributed by atoms with Crippen LogP contribution in [-0.2, 0) is 4.74 Å². The zero-order chi connectivity index (χ0) is 18.3. The van der Waals surface area contributed by atoms with Gasteiger partial charge in [0, 0.05) is 5.69 Å². The van der Waals surface area contributed by atoms with E-state index in [4.69, 9.17) is 16.3 Å². The third kappa shape index (κ3) is 2.94. The summed E-state index contributed by atoms with van der Waals surface area (Å²) in [5.41, 5.74) is 4.20. The molecule has 3 aliphatic carbocycles. The predicted molar refractivity (Wildman–Crippen MR) is 98.8 cm³/mol. The Bertz CT molecular complexity index is 863. The van der Waals surface area contributed by atoms with Crippen LogP contribution in [0.2, 0.25) is 5.02 Å². The Morgan fingerprint density at radius 2 is 1.96 bits per heavy atom. The van der Waals surface area contributed by atoms with Crippen molar-refractivity contribution in [2.45, 2.75) is 44.4 Å². The van der Waals surface area contributed by atoms with Gasteiger partial charge >= 0.3 is 5.97 Å². The maximum Gasteiger partial charge on any atom is 0.357 e. The van der Waals surface area contributed by atoms with Crippen LogP contribution in [0.4, 0.5) is 15.8 Å². The lowest BCUT2D eigenvalue weighted by molar-refractivity contribution is 0.0516. The fourth-order valence-electron chi connectivity index (χ4n) is 4.26. The van der Waals surface area contributed by atoms with Crippen LogP contribution in [0, 0.1) is 5.82 Å². The van der Waals surface area contributed by atoms with Gasteiger partial charge in [-0.25, -0.2) is 14.2 Å². The molecule has 0 radical (unpaired) electrons. The quantitative estimate of drug-likeness (QED) is 0.713. The van der Waals surface area contributed by atoms with E-state index in [1.54, 1.807) is 25.3 Å². The summed E-state index contributed by atoms with van der Waals surface area (Å²) in [5.74, 6) is -0.0492. The number of hydrogen-bond acceptors (Lipinski definition) is 4. The van der Waals surface area contributed by atoms with Gasteiger partial charge in [0.2, 0.25) is 0 Å². The van der Waals surface area contributed by atoms with E-state index in [0.717, 1.165) is 42.5 Å². The van der Waals surface area contributed by atoms with E-state index < -0.39 is 5.82 Å². The van der Waals surface area contributed by atoms with Crippen LogP contribution < -0.4 is 5.32 Å². The molecule has 2 aromatic rings. The number of benzene rings is 1. The average molecular weight is 375 g/mol. The van der Waals surface area contributed by atoms with E-state index in [1.807, 2.05) is 0 Å². The Labute approximate surface area is 156 Å². The Kier molecular flexibility index (Phi) is 4.57. The van der Waals surface area contributed by atoms with Crippen molar-refractivity contribution < 1.29 is 13.9 Å². The molecule has 1 aromatic carbocycles. The molecule has 1 aromatic heterocycles. The lowest BCUT2D eigenvalue weighted by atomic mass is 9.66. The minimum Gasteiger partial charge on any atom is -0.461 e. The molecule has 2 bridgehead atoms. The number of ether oxygens (including phenoxy) is 1. The number of fused-ring (bicyclic) bond motifs is 2. The van der Waals surface area contributed by atoms with Gasteiger partial charge in [-0.05, 0) is 73.8 Å². The lowest BCUT2D eigenvalue weighted by Crippen LogP contribution is -2.27. The minimum atomic E-state index is -0.450. The molecule has 4 nitrogen and oxygen atoms in total. The molecule has 3 aliphatic rings. The molecule has 0 spiro atoms. The molecule has 1 saturated carbocycles. The molecule has 1 N–H and O–H groups in total. The smallest absolute Gasteiger partial charge is 0.357 e. The third-order valence-electron chi connectivity index (χ3n) is 5.37. The van der Waals surface area contributed by atoms with Crippen LogP contribution in [0.3, 0.4) is 0 Å². The number of pyridine rings is 1. The fourth-order valence-corrected chi connectivity index (χ4v) is 4.44. The summed E-state index contributed by atoms with van der Waals surface area (Å²) in [7, 11) is 0. The van der Waals surface area contributed by atoms with Crippen LogP contribution in [0.15, 0.2) is 24.4 Å². The first-order chi connectivity index (χ1) is 12.6. The molecule has 6 heteroatoms. The molecule has 136 valence electrons. The normalized spacial score (nSPS) is 20.6. The highest BCUT2D eigenvalue weighted by Gasteiger charge is 2.38. The molecule has 1 heterocycles. The van der Waals surface area contributed by atoms with Crippen LogP contribution in [-0.4, -0.2) is 17.6 Å². The van der Waals surface area contributed by atoms with Crippen molar-refractivity contribution in [2.75, 3.05) is 11.9 Å². The zero-order valence-corrected chi connectivity index (χ0v) is 15.3. The summed E-state index contributed by atoms with van der Waals surface area (Å²) in [4.78, 5) is 16.8. The topological polar surface area (TPSA) is 51.2 Å². The molecule has 5 rings (SSSR count). The molecule has 0 aliphatic heterocycles. The number of carbonyl (C=O) groups is 1. The summed E-state index contributed by atoms with van der Waals surface area (Å²) >= 11 is 5.90. The van der Waals surface area contributed by atoms with Crippen LogP contribution in [0.5, 0.6) is 0 Å². The molecular formula is C20H20ClFN2O2. The summed E-state index contributed by atoms with van der Waals surface area (Å²) in [6, 6.07) is 4.54. The molecule has 1 fully saturated rings. The fraction of sp³-hybridized carbons (Fsp3) is 0.400. The summed E-state index contributed by atoms with van der Waals surface area (Å²) in [6.45, 7) is 2.13. The first kappa shape index (κ1) is 17.3. The average Bonchev–Trinajstić information content (AvgIpc) is 2.66. The maximum atomic E-state index is 13.4. The van der Waals surface area contributed by atoms with Crippen molar-refractivity contribution in [1.29, 1.82) is 0 Å². The number of nitrogens with zero attached hydrogens (tertiary/aromatic N) is 1. The lowest BCUT2D eigenvalue weighted by Gasteiger charge is -2.40. The highest BCUT2D eigenvalue weighted by molar-refractivity contribution is 6.31. The Balaban J connectivity index is 1.78. The number of esters is 1. The van der Waals surface area contributed by atoms with Gasteiger partial charge in [0.1, 0.15) is 5.82 Å². The van der Waals surface area contributed by atoms with E-state index in [0.29, 0.717) is 29.8 Å². The molecular weight excluding hydrogens is 355 g/mol. The SMILES string of the molecule is CCOC(=O)c1ncc(Nc2ccc(F)c(Cl)c2)c2c1C1CCC2CC1. The monoisotopic (exact) mass is 374 g/mol. The summed E-state index contributed by atoms with van der Waals surface area (Å²) < 4.78 is 18.6. The van der Waals surface area contributed by atoms with Gasteiger partial charge in [0.15, 0.2) is 5.69 Å². The number of aromatic nitrogens is 1. The first-order valence-electron chi connectivity index (χ1n) is 9.00. The number of anilines is 2. The van der Waals surface area contributed by atoms with Gasteiger partial charge in [0.25, 0.3) is 0 Å². The van der Waals surface area contributed by atoms with Gasteiger partial charge in [-0.3, -0.25) is 0 Å². The van der Waals surface area contributed by atoms with E-state index in [2.05, 4.69) is 10.3 Å². The standard InChI is InChI=1S/C20H20ClFN2O2/c1-2-26-20(25)19-18-12-5-3-11(4-6-12)17(18)16(10-23-19)24-13-7-8-15(22)14(21)9-13/h7-12,24H,2-6H2,1H3. The number of hydrogen-bond donors (Lipinski definition) is 1. The van der Waals surface area contributed by atoms with Crippen molar-refractivity contribution in [1.82, 2.24) is 4.98 Å². The van der Waals surface area contributed by atoms with Crippen molar-refractivity contribution in [3.63, 3.8) is 0 Å². The highest BCUT2D eigenvalue weighted by atomic mass is 35.5. The van der Waals surface area contributed by atoms with Crippen LogP contribution in [0.1, 0.15) is 66.1 Å². The number of carbonyl (C=O) groups excluding carboxylic acids is 1. The number of rotatable bonds is 4.